The topological polar surface area (TPSA) is 61.9 Å². The van der Waals surface area contributed by atoms with Gasteiger partial charge in [0.25, 0.3) is 0 Å². The lowest BCUT2D eigenvalue weighted by atomic mass is 10.1. The van der Waals surface area contributed by atoms with Crippen molar-refractivity contribution in [3.05, 3.63) is 11.9 Å². The first-order chi connectivity index (χ1) is 8.79. The van der Waals surface area contributed by atoms with Crippen molar-refractivity contribution >= 4 is 11.6 Å². The second kappa shape index (κ2) is 5.10. The molecule has 0 unspecified atom stereocenters. The van der Waals surface area contributed by atoms with E-state index in [1.165, 1.54) is 12.8 Å². The Bertz CT molecular complexity index is 410. The average molecular weight is 247 g/mol. The van der Waals surface area contributed by atoms with E-state index in [4.69, 9.17) is 0 Å². The van der Waals surface area contributed by atoms with E-state index < -0.39 is 0 Å². The Labute approximate surface area is 108 Å². The predicted octanol–water partition coefficient (Wildman–Crippen LogP) is 1.52. The predicted molar refractivity (Wildman–Crippen MR) is 72.9 cm³/mol. The zero-order valence-electron chi connectivity index (χ0n) is 10.9. The molecule has 0 atom stereocenters. The highest BCUT2D eigenvalue weighted by Gasteiger charge is 2.22. The van der Waals surface area contributed by atoms with Gasteiger partial charge in [-0.2, -0.15) is 0 Å². The molecule has 0 spiro atoms. The summed E-state index contributed by atoms with van der Waals surface area (Å²) in [4.78, 5) is 8.91. The van der Waals surface area contributed by atoms with Crippen LogP contribution in [0.1, 0.15) is 31.5 Å². The number of nitrogens with zero attached hydrogens (tertiary/aromatic N) is 2. The third kappa shape index (κ3) is 3.10. The molecule has 1 aliphatic heterocycles. The quantitative estimate of drug-likeness (QED) is 0.753. The fraction of sp³-hybridized carbons (Fsp3) is 0.692. The fourth-order valence-corrected chi connectivity index (χ4v) is 2.33. The molecule has 2 heterocycles. The Morgan fingerprint density at radius 2 is 1.56 bits per heavy atom. The van der Waals surface area contributed by atoms with Crippen LogP contribution in [0.4, 0.5) is 11.6 Å². The van der Waals surface area contributed by atoms with Crippen LogP contribution >= 0.6 is 0 Å². The van der Waals surface area contributed by atoms with Gasteiger partial charge in [0.1, 0.15) is 17.5 Å². The van der Waals surface area contributed by atoms with Crippen molar-refractivity contribution in [2.75, 3.05) is 23.7 Å². The summed E-state index contributed by atoms with van der Waals surface area (Å²) in [5.41, 5.74) is 0. The Morgan fingerprint density at radius 1 is 1.00 bits per heavy atom. The van der Waals surface area contributed by atoms with Crippen molar-refractivity contribution in [1.82, 2.24) is 15.3 Å². The normalized spacial score (nSPS) is 20.7. The van der Waals surface area contributed by atoms with Gasteiger partial charge in [-0.3, -0.25) is 0 Å². The lowest BCUT2D eigenvalue weighted by Crippen LogP contribution is -2.35. The number of nitrogens with one attached hydrogen (secondary N) is 3. The molecular formula is C13H21N5. The van der Waals surface area contributed by atoms with Crippen molar-refractivity contribution in [3.63, 3.8) is 0 Å². The first-order valence-corrected chi connectivity index (χ1v) is 6.89. The van der Waals surface area contributed by atoms with Gasteiger partial charge in [0.2, 0.25) is 0 Å². The molecule has 1 saturated heterocycles. The second-order valence-corrected chi connectivity index (χ2v) is 5.27. The molecule has 5 heteroatoms. The summed E-state index contributed by atoms with van der Waals surface area (Å²) in [5, 5.41) is 10.3. The number of hydrogen-bond acceptors (Lipinski definition) is 5. The van der Waals surface area contributed by atoms with E-state index in [2.05, 4.69) is 25.9 Å². The molecule has 98 valence electrons. The summed E-state index contributed by atoms with van der Waals surface area (Å²) in [6.07, 6.45) is 4.85. The van der Waals surface area contributed by atoms with Crippen molar-refractivity contribution < 1.29 is 0 Å². The fourth-order valence-electron chi connectivity index (χ4n) is 2.33. The molecule has 0 aromatic carbocycles. The first-order valence-electron chi connectivity index (χ1n) is 6.89. The van der Waals surface area contributed by atoms with Crippen LogP contribution in [-0.2, 0) is 0 Å². The van der Waals surface area contributed by atoms with Crippen molar-refractivity contribution in [2.45, 2.75) is 44.7 Å². The van der Waals surface area contributed by atoms with Crippen LogP contribution in [0.5, 0.6) is 0 Å². The van der Waals surface area contributed by atoms with Crippen LogP contribution in [-0.4, -0.2) is 35.1 Å². The second-order valence-electron chi connectivity index (χ2n) is 5.27. The molecule has 0 bridgehead atoms. The summed E-state index contributed by atoms with van der Waals surface area (Å²) in [6, 6.07) is 3.20. The zero-order chi connectivity index (χ0) is 12.4. The van der Waals surface area contributed by atoms with Gasteiger partial charge in [-0.1, -0.05) is 0 Å². The van der Waals surface area contributed by atoms with Gasteiger partial charge in [-0.25, -0.2) is 9.97 Å². The number of aromatic nitrogens is 2. The first kappa shape index (κ1) is 11.7. The molecule has 2 aliphatic rings. The number of hydrogen-bond donors (Lipinski definition) is 3. The Kier molecular flexibility index (Phi) is 3.32. The van der Waals surface area contributed by atoms with Crippen molar-refractivity contribution in [2.24, 2.45) is 0 Å². The standard InChI is InChI=1S/C13H21N5/c1-9-15-12(17-10-2-3-10)8-13(16-9)18-11-4-6-14-7-5-11/h8,10-11,14H,2-7H2,1H3,(H2,15,16,17,18). The van der Waals surface area contributed by atoms with E-state index in [1.807, 2.05) is 13.0 Å². The molecule has 1 aromatic rings. The van der Waals surface area contributed by atoms with Crippen LogP contribution in [0.15, 0.2) is 6.07 Å². The zero-order valence-corrected chi connectivity index (χ0v) is 10.9. The van der Waals surface area contributed by atoms with E-state index in [9.17, 15) is 0 Å². The Hall–Kier alpha value is -1.36. The summed E-state index contributed by atoms with van der Waals surface area (Å²) in [5.74, 6) is 2.75. The summed E-state index contributed by atoms with van der Waals surface area (Å²) in [6.45, 7) is 4.13. The van der Waals surface area contributed by atoms with Gasteiger partial charge >= 0.3 is 0 Å². The van der Waals surface area contributed by atoms with Crippen LogP contribution in [0.3, 0.4) is 0 Å². The van der Waals surface area contributed by atoms with E-state index in [-0.39, 0.29) is 0 Å². The SMILES string of the molecule is Cc1nc(NC2CCNCC2)cc(NC2CC2)n1. The molecule has 1 saturated carbocycles. The summed E-state index contributed by atoms with van der Waals surface area (Å²) < 4.78 is 0. The van der Waals surface area contributed by atoms with Gasteiger partial charge < -0.3 is 16.0 Å². The lowest BCUT2D eigenvalue weighted by molar-refractivity contribution is 0.478. The van der Waals surface area contributed by atoms with Crippen LogP contribution in [0, 0.1) is 6.92 Å². The maximum absolute atomic E-state index is 4.47. The highest BCUT2D eigenvalue weighted by Crippen LogP contribution is 2.25. The Balaban J connectivity index is 1.67. The number of piperidine rings is 1. The smallest absolute Gasteiger partial charge is 0.132 e. The molecule has 0 radical (unpaired) electrons. The molecular weight excluding hydrogens is 226 g/mol. The average Bonchev–Trinajstić information content (AvgIpc) is 3.13. The third-order valence-corrected chi connectivity index (χ3v) is 3.46. The van der Waals surface area contributed by atoms with Gasteiger partial charge in [-0.05, 0) is 45.7 Å². The highest BCUT2D eigenvalue weighted by molar-refractivity contribution is 5.49. The molecule has 5 nitrogen and oxygen atoms in total. The Morgan fingerprint density at radius 3 is 2.11 bits per heavy atom. The molecule has 3 N–H and O–H groups in total. The molecule has 2 fully saturated rings. The number of aryl methyl sites for hydroxylation is 1. The maximum atomic E-state index is 4.47. The minimum Gasteiger partial charge on any atom is -0.367 e. The van der Waals surface area contributed by atoms with Gasteiger partial charge in [0.15, 0.2) is 0 Å². The minimum atomic E-state index is 0.536. The highest BCUT2D eigenvalue weighted by atomic mass is 15.1. The van der Waals surface area contributed by atoms with Crippen molar-refractivity contribution in [1.29, 1.82) is 0 Å². The number of anilines is 2. The van der Waals surface area contributed by atoms with Gasteiger partial charge in [0.05, 0.1) is 0 Å². The minimum absolute atomic E-state index is 0.536. The van der Waals surface area contributed by atoms with Crippen molar-refractivity contribution in [3.8, 4) is 0 Å². The maximum Gasteiger partial charge on any atom is 0.132 e. The summed E-state index contributed by atoms with van der Waals surface area (Å²) >= 11 is 0. The third-order valence-electron chi connectivity index (χ3n) is 3.46. The molecule has 1 aromatic heterocycles. The largest absolute Gasteiger partial charge is 0.367 e. The number of rotatable bonds is 4. The molecule has 1 aliphatic carbocycles. The summed E-state index contributed by atoms with van der Waals surface area (Å²) in [7, 11) is 0. The molecule has 0 amide bonds. The lowest BCUT2D eigenvalue weighted by Gasteiger charge is -2.24. The van der Waals surface area contributed by atoms with Crippen LogP contribution in [0.2, 0.25) is 0 Å². The van der Waals surface area contributed by atoms with Gasteiger partial charge in [0, 0.05) is 18.2 Å². The van der Waals surface area contributed by atoms with E-state index in [1.54, 1.807) is 0 Å². The molecule has 18 heavy (non-hydrogen) atoms. The van der Waals surface area contributed by atoms with E-state index in [0.29, 0.717) is 12.1 Å². The molecule has 3 rings (SSSR count). The van der Waals surface area contributed by atoms with E-state index >= 15 is 0 Å². The monoisotopic (exact) mass is 247 g/mol. The van der Waals surface area contributed by atoms with Gasteiger partial charge in [-0.15, -0.1) is 0 Å². The van der Waals surface area contributed by atoms with Crippen LogP contribution in [0.25, 0.3) is 0 Å². The van der Waals surface area contributed by atoms with Crippen LogP contribution < -0.4 is 16.0 Å². The van der Waals surface area contributed by atoms with E-state index in [0.717, 1.165) is 43.4 Å².